The van der Waals surface area contributed by atoms with Gasteiger partial charge in [-0.3, -0.25) is 4.79 Å². The largest absolute Gasteiger partial charge is 0.460 e. The maximum atomic E-state index is 12.2. The topological polar surface area (TPSA) is 72.6 Å². The first kappa shape index (κ1) is 13.3. The van der Waals surface area contributed by atoms with E-state index >= 15 is 0 Å². The standard InChI is InChI=1S/C13H16N2O4/c1-4-18-13(17)12-9-6-5-8(7-15(2)3)11(16)10(9)14-19-12/h7H,4-6H2,1-3H3/b8-7+. The fraction of sp³-hybridized carbons (Fsp3) is 0.462. The lowest BCUT2D eigenvalue weighted by atomic mass is 9.91. The Morgan fingerprint density at radius 2 is 2.21 bits per heavy atom. The highest BCUT2D eigenvalue weighted by Gasteiger charge is 2.32. The molecule has 0 radical (unpaired) electrons. The fourth-order valence-corrected chi connectivity index (χ4v) is 2.04. The van der Waals surface area contributed by atoms with Crippen molar-refractivity contribution in [2.75, 3.05) is 20.7 Å². The maximum Gasteiger partial charge on any atom is 0.377 e. The Kier molecular flexibility index (Phi) is 3.69. The first-order chi connectivity index (χ1) is 9.04. The molecule has 0 aliphatic heterocycles. The van der Waals surface area contributed by atoms with Crippen molar-refractivity contribution in [1.82, 2.24) is 10.1 Å². The number of allylic oxidation sites excluding steroid dienone is 1. The number of carbonyl (C=O) groups excluding carboxylic acids is 2. The molecule has 1 aromatic rings. The number of rotatable bonds is 3. The number of carbonyl (C=O) groups is 2. The molecule has 6 heteroatoms. The van der Waals surface area contributed by atoms with Gasteiger partial charge in [-0.25, -0.2) is 4.79 Å². The lowest BCUT2D eigenvalue weighted by molar-refractivity contribution is 0.0477. The van der Waals surface area contributed by atoms with Crippen LogP contribution in [0.15, 0.2) is 16.3 Å². The quantitative estimate of drug-likeness (QED) is 0.607. The van der Waals surface area contributed by atoms with Gasteiger partial charge >= 0.3 is 5.97 Å². The van der Waals surface area contributed by atoms with E-state index < -0.39 is 5.97 Å². The fourth-order valence-electron chi connectivity index (χ4n) is 2.04. The minimum absolute atomic E-state index is 0.0501. The van der Waals surface area contributed by atoms with Gasteiger partial charge in [0.1, 0.15) is 0 Å². The number of ketones is 1. The van der Waals surface area contributed by atoms with E-state index in [1.54, 1.807) is 13.1 Å². The smallest absolute Gasteiger partial charge is 0.377 e. The molecule has 0 atom stereocenters. The molecular weight excluding hydrogens is 248 g/mol. The van der Waals surface area contributed by atoms with Gasteiger partial charge < -0.3 is 14.2 Å². The summed E-state index contributed by atoms with van der Waals surface area (Å²) in [5.41, 5.74) is 1.45. The van der Waals surface area contributed by atoms with Gasteiger partial charge in [-0.05, 0) is 19.8 Å². The van der Waals surface area contributed by atoms with Crippen molar-refractivity contribution in [3.63, 3.8) is 0 Å². The summed E-state index contributed by atoms with van der Waals surface area (Å²) in [6.07, 6.45) is 2.89. The molecule has 0 amide bonds. The molecular formula is C13H16N2O4. The third kappa shape index (κ3) is 2.52. The van der Waals surface area contributed by atoms with Crippen molar-refractivity contribution in [3.8, 4) is 0 Å². The van der Waals surface area contributed by atoms with Crippen LogP contribution in [0.5, 0.6) is 0 Å². The molecule has 0 unspecified atom stereocenters. The number of aromatic nitrogens is 1. The van der Waals surface area contributed by atoms with Gasteiger partial charge in [0.15, 0.2) is 5.69 Å². The molecule has 0 saturated carbocycles. The van der Waals surface area contributed by atoms with Gasteiger partial charge in [-0.2, -0.15) is 0 Å². The minimum atomic E-state index is -0.566. The number of hydrogen-bond acceptors (Lipinski definition) is 6. The molecule has 0 fully saturated rings. The van der Waals surface area contributed by atoms with E-state index in [9.17, 15) is 9.59 Å². The Hall–Kier alpha value is -2.11. The summed E-state index contributed by atoms with van der Waals surface area (Å²) in [5.74, 6) is -0.701. The molecule has 1 aromatic heterocycles. The molecule has 0 N–H and O–H groups in total. The number of Topliss-reactive ketones (excluding diaryl/α,β-unsaturated/α-hetero) is 1. The van der Waals surface area contributed by atoms with Crippen LogP contribution >= 0.6 is 0 Å². The van der Waals surface area contributed by atoms with E-state index in [1.165, 1.54) is 0 Å². The van der Waals surface area contributed by atoms with Crippen LogP contribution in [0, 0.1) is 0 Å². The van der Waals surface area contributed by atoms with Crippen molar-refractivity contribution < 1.29 is 18.8 Å². The van der Waals surface area contributed by atoms with Crippen LogP contribution in [0.4, 0.5) is 0 Å². The number of fused-ring (bicyclic) bond motifs is 1. The predicted molar refractivity (Wildman–Crippen MR) is 66.9 cm³/mol. The van der Waals surface area contributed by atoms with Crippen LogP contribution in [0.25, 0.3) is 0 Å². The van der Waals surface area contributed by atoms with Crippen molar-refractivity contribution in [1.29, 1.82) is 0 Å². The lowest BCUT2D eigenvalue weighted by Gasteiger charge is -2.14. The summed E-state index contributed by atoms with van der Waals surface area (Å²) in [4.78, 5) is 25.6. The summed E-state index contributed by atoms with van der Waals surface area (Å²) in [7, 11) is 3.70. The van der Waals surface area contributed by atoms with Crippen molar-refractivity contribution in [3.05, 3.63) is 28.8 Å². The normalized spacial score (nSPS) is 16.4. The summed E-state index contributed by atoms with van der Waals surface area (Å²) < 4.78 is 9.84. The van der Waals surface area contributed by atoms with Crippen LogP contribution in [-0.2, 0) is 11.2 Å². The third-order valence-corrected chi connectivity index (χ3v) is 2.81. The Bertz CT molecular complexity index is 543. The Labute approximate surface area is 111 Å². The number of hydrogen-bond donors (Lipinski definition) is 0. The van der Waals surface area contributed by atoms with Crippen LogP contribution in [0.1, 0.15) is 40.0 Å². The van der Waals surface area contributed by atoms with Gasteiger partial charge in [0.2, 0.25) is 11.5 Å². The number of ether oxygens (including phenoxy) is 1. The van der Waals surface area contributed by atoms with Gasteiger partial charge in [-0.1, -0.05) is 5.16 Å². The van der Waals surface area contributed by atoms with Gasteiger partial charge in [0.05, 0.1) is 6.61 Å². The average molecular weight is 264 g/mol. The van der Waals surface area contributed by atoms with Crippen LogP contribution in [-0.4, -0.2) is 42.5 Å². The molecule has 0 spiro atoms. The highest BCUT2D eigenvalue weighted by molar-refractivity contribution is 6.10. The van der Waals surface area contributed by atoms with Crippen LogP contribution < -0.4 is 0 Å². The minimum Gasteiger partial charge on any atom is -0.460 e. The van der Waals surface area contributed by atoms with E-state index in [1.807, 2.05) is 19.0 Å². The molecule has 0 saturated heterocycles. The van der Waals surface area contributed by atoms with E-state index in [0.717, 1.165) is 0 Å². The highest BCUT2D eigenvalue weighted by Crippen LogP contribution is 2.27. The zero-order valence-electron chi connectivity index (χ0n) is 11.2. The van der Waals surface area contributed by atoms with Gasteiger partial charge in [0.25, 0.3) is 0 Å². The molecule has 1 aliphatic carbocycles. The Morgan fingerprint density at radius 3 is 2.84 bits per heavy atom. The first-order valence-corrected chi connectivity index (χ1v) is 6.12. The van der Waals surface area contributed by atoms with Crippen LogP contribution in [0.2, 0.25) is 0 Å². The molecule has 0 bridgehead atoms. The molecule has 0 aromatic carbocycles. The van der Waals surface area contributed by atoms with E-state index in [2.05, 4.69) is 5.16 Å². The molecule has 2 rings (SSSR count). The Balaban J connectivity index is 2.33. The zero-order valence-corrected chi connectivity index (χ0v) is 11.2. The Morgan fingerprint density at radius 1 is 1.47 bits per heavy atom. The summed E-state index contributed by atoms with van der Waals surface area (Å²) in [6, 6.07) is 0. The summed E-state index contributed by atoms with van der Waals surface area (Å²) in [6.45, 7) is 1.97. The third-order valence-electron chi connectivity index (χ3n) is 2.81. The second-order valence-electron chi connectivity index (χ2n) is 4.51. The average Bonchev–Trinajstić information content (AvgIpc) is 2.77. The van der Waals surface area contributed by atoms with Crippen LogP contribution in [0.3, 0.4) is 0 Å². The first-order valence-electron chi connectivity index (χ1n) is 6.12. The predicted octanol–water partition coefficient (Wildman–Crippen LogP) is 1.43. The van der Waals surface area contributed by atoms with Crippen molar-refractivity contribution in [2.45, 2.75) is 19.8 Å². The SMILES string of the molecule is CCOC(=O)c1onc2c1CC/C(=C\N(C)C)C2=O. The second kappa shape index (κ2) is 5.26. The van der Waals surface area contributed by atoms with Crippen molar-refractivity contribution in [2.24, 2.45) is 0 Å². The second-order valence-corrected chi connectivity index (χ2v) is 4.51. The van der Waals surface area contributed by atoms with E-state index in [4.69, 9.17) is 9.26 Å². The molecule has 1 heterocycles. The number of esters is 1. The molecule has 102 valence electrons. The maximum absolute atomic E-state index is 12.2. The zero-order chi connectivity index (χ0) is 14.0. The molecule has 19 heavy (non-hydrogen) atoms. The molecule has 6 nitrogen and oxygen atoms in total. The monoisotopic (exact) mass is 264 g/mol. The highest BCUT2D eigenvalue weighted by atomic mass is 16.6. The van der Waals surface area contributed by atoms with E-state index in [-0.39, 0.29) is 23.8 Å². The molecule has 1 aliphatic rings. The summed E-state index contributed by atoms with van der Waals surface area (Å²) in [5, 5.41) is 3.71. The van der Waals surface area contributed by atoms with Crippen molar-refractivity contribution >= 4 is 11.8 Å². The van der Waals surface area contributed by atoms with Gasteiger partial charge in [-0.15, -0.1) is 0 Å². The number of nitrogens with zero attached hydrogens (tertiary/aromatic N) is 2. The summed E-state index contributed by atoms with van der Waals surface area (Å²) >= 11 is 0. The van der Waals surface area contributed by atoms with E-state index in [0.29, 0.717) is 24.0 Å². The lowest BCUT2D eigenvalue weighted by Crippen LogP contribution is -2.18. The van der Waals surface area contributed by atoms with Gasteiger partial charge in [0, 0.05) is 31.4 Å².